The van der Waals surface area contributed by atoms with Gasteiger partial charge in [-0.15, -0.1) is 0 Å². The minimum Gasteiger partial charge on any atom is -0.490 e. The molecular formula is C16H17NO3S. The molecule has 1 atom stereocenters. The minimum absolute atomic E-state index is 0.540. The molecule has 1 aromatic carbocycles. The zero-order chi connectivity index (χ0) is 14.7. The van der Waals surface area contributed by atoms with Crippen molar-refractivity contribution >= 4 is 11.8 Å². The van der Waals surface area contributed by atoms with Gasteiger partial charge in [-0.3, -0.25) is 4.98 Å². The molecule has 21 heavy (non-hydrogen) atoms. The van der Waals surface area contributed by atoms with Crippen molar-refractivity contribution in [3.05, 3.63) is 42.2 Å². The Balaban J connectivity index is 1.77. The fourth-order valence-corrected chi connectivity index (χ4v) is 2.86. The Morgan fingerprint density at radius 1 is 1.10 bits per heavy atom. The van der Waals surface area contributed by atoms with Crippen molar-refractivity contribution in [1.82, 2.24) is 4.98 Å². The quantitative estimate of drug-likeness (QED) is 0.941. The summed E-state index contributed by atoms with van der Waals surface area (Å²) >= 11 is 1.61. The van der Waals surface area contributed by atoms with E-state index in [-0.39, 0.29) is 0 Å². The average Bonchev–Trinajstić information content (AvgIpc) is 2.72. The molecule has 1 N–H and O–H groups in total. The predicted octanol–water partition coefficient (Wildman–Crippen LogP) is 3.45. The fourth-order valence-electron chi connectivity index (χ4n) is 2.04. The van der Waals surface area contributed by atoms with E-state index < -0.39 is 6.10 Å². The number of benzene rings is 1. The van der Waals surface area contributed by atoms with Gasteiger partial charge in [0.05, 0.1) is 25.0 Å². The van der Waals surface area contributed by atoms with Gasteiger partial charge in [-0.2, -0.15) is 0 Å². The first-order valence-electron chi connectivity index (χ1n) is 6.94. The van der Waals surface area contributed by atoms with E-state index in [4.69, 9.17) is 9.47 Å². The van der Waals surface area contributed by atoms with Crippen molar-refractivity contribution in [1.29, 1.82) is 0 Å². The third-order valence-electron chi connectivity index (χ3n) is 3.14. The minimum atomic E-state index is -0.540. The highest BCUT2D eigenvalue weighted by molar-refractivity contribution is 7.99. The second-order valence-electron chi connectivity index (χ2n) is 4.86. The fraction of sp³-hybridized carbons (Fsp3) is 0.312. The van der Waals surface area contributed by atoms with Gasteiger partial charge in [0.25, 0.3) is 0 Å². The number of nitrogens with zero attached hydrogens (tertiary/aromatic N) is 1. The summed E-state index contributed by atoms with van der Waals surface area (Å²) < 4.78 is 11.3. The van der Waals surface area contributed by atoms with Crippen molar-refractivity contribution in [3.63, 3.8) is 0 Å². The molecule has 4 nitrogen and oxygen atoms in total. The van der Waals surface area contributed by atoms with Crippen molar-refractivity contribution in [2.24, 2.45) is 0 Å². The van der Waals surface area contributed by atoms with E-state index in [2.05, 4.69) is 4.98 Å². The number of pyridine rings is 1. The van der Waals surface area contributed by atoms with Gasteiger partial charge in [0.15, 0.2) is 11.5 Å². The highest BCUT2D eigenvalue weighted by Gasteiger charge is 2.11. The van der Waals surface area contributed by atoms with Gasteiger partial charge >= 0.3 is 0 Å². The van der Waals surface area contributed by atoms with Crippen LogP contribution in [0.5, 0.6) is 11.5 Å². The highest BCUT2D eigenvalue weighted by atomic mass is 32.2. The monoisotopic (exact) mass is 303 g/mol. The largest absolute Gasteiger partial charge is 0.490 e. The molecule has 1 aliphatic rings. The predicted molar refractivity (Wildman–Crippen MR) is 81.0 cm³/mol. The van der Waals surface area contributed by atoms with Crippen LogP contribution in [0.1, 0.15) is 25.1 Å². The summed E-state index contributed by atoms with van der Waals surface area (Å²) in [5.74, 6) is 1.60. The summed E-state index contributed by atoms with van der Waals surface area (Å²) in [5.41, 5.74) is 0.679. The van der Waals surface area contributed by atoms with Crippen molar-refractivity contribution < 1.29 is 14.6 Å². The number of fused-ring (bicyclic) bond motifs is 1. The van der Waals surface area contributed by atoms with Gasteiger partial charge in [-0.1, -0.05) is 11.8 Å². The molecule has 110 valence electrons. The van der Waals surface area contributed by atoms with E-state index >= 15 is 0 Å². The molecule has 0 amide bonds. The summed E-state index contributed by atoms with van der Waals surface area (Å²) in [7, 11) is 0. The Bertz CT molecular complexity index is 613. The Morgan fingerprint density at radius 3 is 2.57 bits per heavy atom. The Morgan fingerprint density at radius 2 is 1.86 bits per heavy atom. The van der Waals surface area contributed by atoms with E-state index in [1.807, 2.05) is 30.3 Å². The van der Waals surface area contributed by atoms with Crippen LogP contribution in [0.2, 0.25) is 0 Å². The first kappa shape index (κ1) is 14.2. The van der Waals surface area contributed by atoms with Crippen LogP contribution in [0.4, 0.5) is 0 Å². The van der Waals surface area contributed by atoms with Crippen LogP contribution in [-0.2, 0) is 0 Å². The van der Waals surface area contributed by atoms with Crippen molar-refractivity contribution in [2.75, 3.05) is 13.2 Å². The van der Waals surface area contributed by atoms with Crippen LogP contribution in [0.25, 0.3) is 0 Å². The number of aliphatic hydroxyl groups is 1. The van der Waals surface area contributed by atoms with Crippen LogP contribution in [0.15, 0.2) is 46.3 Å². The van der Waals surface area contributed by atoms with Gasteiger partial charge in [0.2, 0.25) is 0 Å². The van der Waals surface area contributed by atoms with Gasteiger partial charge in [-0.25, -0.2) is 0 Å². The molecule has 1 aliphatic heterocycles. The number of rotatable bonds is 3. The molecule has 0 unspecified atom stereocenters. The Labute approximate surface area is 128 Å². The van der Waals surface area contributed by atoms with E-state index in [0.29, 0.717) is 18.9 Å². The number of hydrogen-bond acceptors (Lipinski definition) is 5. The molecule has 2 heterocycles. The van der Waals surface area contributed by atoms with Gasteiger partial charge in [0.1, 0.15) is 0 Å². The first-order chi connectivity index (χ1) is 10.2. The summed E-state index contributed by atoms with van der Waals surface area (Å²) in [4.78, 5) is 6.35. The first-order valence-corrected chi connectivity index (χ1v) is 7.75. The number of aromatic nitrogens is 1. The molecule has 3 rings (SSSR count). The molecule has 0 fully saturated rings. The molecule has 0 aliphatic carbocycles. The summed E-state index contributed by atoms with van der Waals surface area (Å²) in [6, 6.07) is 9.76. The highest BCUT2D eigenvalue weighted by Crippen LogP contribution is 2.36. The molecule has 0 saturated carbocycles. The number of aliphatic hydroxyl groups excluding tert-OH is 1. The zero-order valence-electron chi connectivity index (χ0n) is 11.8. The van der Waals surface area contributed by atoms with E-state index in [1.54, 1.807) is 24.9 Å². The van der Waals surface area contributed by atoms with Crippen molar-refractivity contribution in [2.45, 2.75) is 29.2 Å². The molecule has 5 heteroatoms. The SMILES string of the molecule is C[C@H](O)c1ccc(Sc2ccc3c(c2)OCCCO3)cn1. The third kappa shape index (κ3) is 3.49. The average molecular weight is 303 g/mol. The lowest BCUT2D eigenvalue weighted by atomic mass is 10.2. The summed E-state index contributed by atoms with van der Waals surface area (Å²) in [6.45, 7) is 3.09. The normalized spacial score (nSPS) is 15.3. The molecule has 0 spiro atoms. The van der Waals surface area contributed by atoms with E-state index in [0.717, 1.165) is 27.7 Å². The second kappa shape index (κ2) is 6.37. The molecular weight excluding hydrogens is 286 g/mol. The van der Waals surface area contributed by atoms with Gasteiger partial charge in [0, 0.05) is 22.4 Å². The van der Waals surface area contributed by atoms with E-state index in [9.17, 15) is 5.11 Å². The maximum atomic E-state index is 9.46. The van der Waals surface area contributed by atoms with Gasteiger partial charge < -0.3 is 14.6 Å². The maximum absolute atomic E-state index is 9.46. The molecule has 0 bridgehead atoms. The molecule has 0 saturated heterocycles. The number of hydrogen-bond donors (Lipinski definition) is 1. The molecule has 0 radical (unpaired) electrons. The number of ether oxygens (including phenoxy) is 2. The third-order valence-corrected chi connectivity index (χ3v) is 4.11. The lowest BCUT2D eigenvalue weighted by Gasteiger charge is -2.09. The zero-order valence-corrected chi connectivity index (χ0v) is 12.6. The summed E-state index contributed by atoms with van der Waals surface area (Å²) in [5, 5.41) is 9.46. The Hall–Kier alpha value is -1.72. The van der Waals surface area contributed by atoms with Crippen LogP contribution >= 0.6 is 11.8 Å². The topological polar surface area (TPSA) is 51.6 Å². The smallest absolute Gasteiger partial charge is 0.162 e. The van der Waals surface area contributed by atoms with Crippen LogP contribution < -0.4 is 9.47 Å². The van der Waals surface area contributed by atoms with Crippen LogP contribution in [0.3, 0.4) is 0 Å². The standard InChI is InChI=1S/C16H17NO3S/c1-11(18)14-5-3-13(10-17-14)21-12-4-6-15-16(9-12)20-8-2-7-19-15/h3-6,9-11,18H,2,7-8H2,1H3/t11-/m0/s1. The van der Waals surface area contributed by atoms with Gasteiger partial charge in [-0.05, 0) is 37.3 Å². The second-order valence-corrected chi connectivity index (χ2v) is 6.00. The maximum Gasteiger partial charge on any atom is 0.162 e. The Kier molecular flexibility index (Phi) is 4.31. The molecule has 1 aromatic heterocycles. The van der Waals surface area contributed by atoms with Crippen LogP contribution in [0, 0.1) is 0 Å². The lowest BCUT2D eigenvalue weighted by Crippen LogP contribution is -1.97. The van der Waals surface area contributed by atoms with Crippen molar-refractivity contribution in [3.8, 4) is 11.5 Å². The van der Waals surface area contributed by atoms with E-state index in [1.165, 1.54) is 0 Å². The molecule has 2 aromatic rings. The summed E-state index contributed by atoms with van der Waals surface area (Å²) in [6.07, 6.45) is 2.14. The van der Waals surface area contributed by atoms with Crippen LogP contribution in [-0.4, -0.2) is 23.3 Å². The lowest BCUT2D eigenvalue weighted by molar-refractivity contribution is 0.194.